The molecule has 0 saturated carbocycles. The van der Waals surface area contributed by atoms with Gasteiger partial charge in [0, 0.05) is 22.3 Å². The largest absolute Gasteiger partial charge is 0.451 e. The molecule has 5 heteroatoms. The first-order chi connectivity index (χ1) is 14.8. The van der Waals surface area contributed by atoms with Crippen molar-refractivity contribution in [1.29, 1.82) is 0 Å². The van der Waals surface area contributed by atoms with E-state index in [0.717, 1.165) is 5.39 Å². The number of hydrogen-bond donors (Lipinski definition) is 2. The zero-order valence-electron chi connectivity index (χ0n) is 17.7. The summed E-state index contributed by atoms with van der Waals surface area (Å²) in [7, 11) is 0. The first-order valence-electron chi connectivity index (χ1n) is 10.1. The molecule has 1 heterocycles. The molecule has 31 heavy (non-hydrogen) atoms. The van der Waals surface area contributed by atoms with Crippen LogP contribution in [0.25, 0.3) is 11.0 Å². The van der Waals surface area contributed by atoms with Gasteiger partial charge in [-0.15, -0.1) is 0 Å². The van der Waals surface area contributed by atoms with Crippen LogP contribution >= 0.6 is 0 Å². The molecule has 156 valence electrons. The van der Waals surface area contributed by atoms with Crippen molar-refractivity contribution in [3.63, 3.8) is 0 Å². The molecule has 0 aliphatic rings. The van der Waals surface area contributed by atoms with E-state index in [4.69, 9.17) is 4.42 Å². The highest BCUT2D eigenvalue weighted by Crippen LogP contribution is 2.23. The van der Waals surface area contributed by atoms with E-state index in [1.165, 1.54) is 5.56 Å². The van der Waals surface area contributed by atoms with Crippen LogP contribution in [0.1, 0.15) is 47.2 Å². The number of nitrogens with one attached hydrogen (secondary N) is 2. The highest BCUT2D eigenvalue weighted by atomic mass is 16.3. The number of furan rings is 1. The summed E-state index contributed by atoms with van der Waals surface area (Å²) >= 11 is 0. The van der Waals surface area contributed by atoms with Gasteiger partial charge in [-0.2, -0.15) is 0 Å². The Morgan fingerprint density at radius 2 is 1.39 bits per heavy atom. The van der Waals surface area contributed by atoms with E-state index in [1.54, 1.807) is 30.3 Å². The van der Waals surface area contributed by atoms with Gasteiger partial charge in [-0.25, -0.2) is 0 Å². The van der Waals surface area contributed by atoms with E-state index in [2.05, 4.69) is 31.4 Å². The minimum atomic E-state index is -0.350. The molecule has 2 amide bonds. The minimum Gasteiger partial charge on any atom is -0.451 e. The molecule has 0 atom stereocenters. The van der Waals surface area contributed by atoms with Gasteiger partial charge in [-0.1, -0.05) is 57.2 Å². The van der Waals surface area contributed by atoms with Gasteiger partial charge in [0.25, 0.3) is 11.8 Å². The summed E-state index contributed by atoms with van der Waals surface area (Å²) in [6.45, 7) is 6.40. The topological polar surface area (TPSA) is 71.3 Å². The number of benzene rings is 3. The van der Waals surface area contributed by atoms with E-state index in [-0.39, 0.29) is 23.0 Å². The van der Waals surface area contributed by atoms with Gasteiger partial charge in [-0.3, -0.25) is 9.59 Å². The van der Waals surface area contributed by atoms with Gasteiger partial charge >= 0.3 is 0 Å². The number of amides is 2. The molecule has 0 spiro atoms. The summed E-state index contributed by atoms with van der Waals surface area (Å²) < 4.78 is 5.61. The van der Waals surface area contributed by atoms with Crippen LogP contribution in [0, 0.1) is 0 Å². The SMILES string of the molecule is CC(C)(C)c1ccc(C(=O)Nc2cccc(NC(=O)c3cc4ccccc4o3)c2)cc1. The second-order valence-electron chi connectivity index (χ2n) is 8.46. The molecule has 4 aromatic rings. The normalized spacial score (nSPS) is 11.3. The molecule has 3 aromatic carbocycles. The van der Waals surface area contributed by atoms with Gasteiger partial charge in [0.1, 0.15) is 5.58 Å². The van der Waals surface area contributed by atoms with Gasteiger partial charge in [0.05, 0.1) is 0 Å². The quantitative estimate of drug-likeness (QED) is 0.417. The van der Waals surface area contributed by atoms with E-state index in [1.807, 2.05) is 48.5 Å². The highest BCUT2D eigenvalue weighted by Gasteiger charge is 2.15. The fourth-order valence-electron chi connectivity index (χ4n) is 3.29. The molecule has 0 unspecified atom stereocenters. The van der Waals surface area contributed by atoms with Crippen molar-refractivity contribution in [2.24, 2.45) is 0 Å². The maximum atomic E-state index is 12.6. The Balaban J connectivity index is 1.45. The third-order valence-corrected chi connectivity index (χ3v) is 5.04. The number of carbonyl (C=O) groups is 2. The van der Waals surface area contributed by atoms with Crippen LogP contribution in [0.5, 0.6) is 0 Å². The summed E-state index contributed by atoms with van der Waals surface area (Å²) in [6.07, 6.45) is 0. The molecule has 5 nitrogen and oxygen atoms in total. The third-order valence-electron chi connectivity index (χ3n) is 5.04. The smallest absolute Gasteiger partial charge is 0.291 e. The molecule has 2 N–H and O–H groups in total. The standard InChI is InChI=1S/C26H24N2O3/c1-26(2,3)19-13-11-17(12-14-19)24(29)27-20-8-6-9-21(16-20)28-25(30)23-15-18-7-4-5-10-22(18)31-23/h4-16H,1-3H3,(H,27,29)(H,28,30). The first kappa shape index (κ1) is 20.4. The van der Waals surface area contributed by atoms with Crippen molar-refractivity contribution in [3.05, 3.63) is 95.7 Å². The van der Waals surface area contributed by atoms with E-state index in [0.29, 0.717) is 22.5 Å². The molecule has 0 saturated heterocycles. The number of para-hydroxylation sites is 1. The molecule has 4 rings (SSSR count). The zero-order valence-corrected chi connectivity index (χ0v) is 17.7. The number of anilines is 2. The van der Waals surface area contributed by atoms with Gasteiger partial charge in [-0.05, 0) is 53.4 Å². The Morgan fingerprint density at radius 3 is 2.03 bits per heavy atom. The van der Waals surface area contributed by atoms with Crippen molar-refractivity contribution in [3.8, 4) is 0 Å². The summed E-state index contributed by atoms with van der Waals surface area (Å²) in [5.74, 6) is -0.326. The Bertz CT molecular complexity index is 1210. The van der Waals surface area contributed by atoms with Crippen molar-refractivity contribution in [1.82, 2.24) is 0 Å². The number of carbonyl (C=O) groups excluding carboxylic acids is 2. The van der Waals surface area contributed by atoms with Crippen LogP contribution in [-0.4, -0.2) is 11.8 Å². The number of hydrogen-bond acceptors (Lipinski definition) is 3. The zero-order chi connectivity index (χ0) is 22.0. The maximum absolute atomic E-state index is 12.6. The number of rotatable bonds is 4. The van der Waals surface area contributed by atoms with Crippen molar-refractivity contribution >= 4 is 34.2 Å². The van der Waals surface area contributed by atoms with Crippen LogP contribution in [0.2, 0.25) is 0 Å². The lowest BCUT2D eigenvalue weighted by Gasteiger charge is -2.19. The lowest BCUT2D eigenvalue weighted by molar-refractivity contribution is 0.0997. The lowest BCUT2D eigenvalue weighted by Crippen LogP contribution is -2.15. The summed E-state index contributed by atoms with van der Waals surface area (Å²) in [6, 6.07) is 23.8. The van der Waals surface area contributed by atoms with Crippen LogP contribution in [0.3, 0.4) is 0 Å². The van der Waals surface area contributed by atoms with Gasteiger partial charge in [0.2, 0.25) is 0 Å². The monoisotopic (exact) mass is 412 g/mol. The van der Waals surface area contributed by atoms with E-state index >= 15 is 0 Å². The highest BCUT2D eigenvalue weighted by molar-refractivity contribution is 6.06. The molecular weight excluding hydrogens is 388 g/mol. The van der Waals surface area contributed by atoms with Crippen molar-refractivity contribution in [2.75, 3.05) is 10.6 Å². The molecule has 1 aromatic heterocycles. The first-order valence-corrected chi connectivity index (χ1v) is 10.1. The molecule has 0 aliphatic carbocycles. The molecule has 0 radical (unpaired) electrons. The van der Waals surface area contributed by atoms with Crippen LogP contribution in [0.15, 0.2) is 83.3 Å². The molecule has 0 aliphatic heterocycles. The average molecular weight is 412 g/mol. The third kappa shape index (κ3) is 4.67. The Kier molecular flexibility index (Phi) is 5.34. The fourth-order valence-corrected chi connectivity index (χ4v) is 3.29. The Labute approximate surface area is 181 Å². The van der Waals surface area contributed by atoms with Crippen LogP contribution in [0.4, 0.5) is 11.4 Å². The van der Waals surface area contributed by atoms with E-state index in [9.17, 15) is 9.59 Å². The maximum Gasteiger partial charge on any atom is 0.291 e. The number of fused-ring (bicyclic) bond motifs is 1. The van der Waals surface area contributed by atoms with Crippen LogP contribution < -0.4 is 10.6 Å². The molecule has 0 fully saturated rings. The Hall–Kier alpha value is -3.86. The predicted molar refractivity (Wildman–Crippen MR) is 124 cm³/mol. The van der Waals surface area contributed by atoms with E-state index < -0.39 is 0 Å². The molecular formula is C26H24N2O3. The average Bonchev–Trinajstić information content (AvgIpc) is 3.18. The van der Waals surface area contributed by atoms with Crippen LogP contribution in [-0.2, 0) is 5.41 Å². The predicted octanol–water partition coefficient (Wildman–Crippen LogP) is 6.23. The van der Waals surface area contributed by atoms with Gasteiger partial charge in [0.15, 0.2) is 5.76 Å². The molecule has 0 bridgehead atoms. The fraction of sp³-hybridized carbons (Fsp3) is 0.154. The Morgan fingerprint density at radius 1 is 0.742 bits per heavy atom. The summed E-state index contributed by atoms with van der Waals surface area (Å²) in [5.41, 5.74) is 3.58. The van der Waals surface area contributed by atoms with Crippen molar-refractivity contribution < 1.29 is 14.0 Å². The minimum absolute atomic E-state index is 0.0292. The summed E-state index contributed by atoms with van der Waals surface area (Å²) in [4.78, 5) is 25.2. The van der Waals surface area contributed by atoms with Gasteiger partial charge < -0.3 is 15.1 Å². The summed E-state index contributed by atoms with van der Waals surface area (Å²) in [5, 5.41) is 6.56. The lowest BCUT2D eigenvalue weighted by atomic mass is 9.87. The second kappa shape index (κ2) is 8.11. The van der Waals surface area contributed by atoms with Crippen molar-refractivity contribution in [2.45, 2.75) is 26.2 Å². The second-order valence-corrected chi connectivity index (χ2v) is 8.46.